The number of sulfonamides is 1. The summed E-state index contributed by atoms with van der Waals surface area (Å²) in [6.07, 6.45) is 2.10. The van der Waals surface area contributed by atoms with Crippen molar-refractivity contribution in [3.05, 3.63) is 48.1 Å². The van der Waals surface area contributed by atoms with E-state index in [1.807, 2.05) is 4.90 Å². The number of ether oxygens (including phenoxy) is 1. The van der Waals surface area contributed by atoms with Crippen LogP contribution in [0.4, 0.5) is 4.39 Å². The molecule has 3 rings (SSSR count). The number of nitrogens with zero attached hydrogens (tertiary/aromatic N) is 4. The van der Waals surface area contributed by atoms with Gasteiger partial charge in [-0.15, -0.1) is 24.0 Å². The molecule has 0 amide bonds. The summed E-state index contributed by atoms with van der Waals surface area (Å²) in [5.74, 6) is 0.901. The summed E-state index contributed by atoms with van der Waals surface area (Å²) in [7, 11) is -1.73. The van der Waals surface area contributed by atoms with Gasteiger partial charge in [-0.05, 0) is 30.7 Å². The first-order valence-electron chi connectivity index (χ1n) is 9.69. The molecule has 1 aliphatic rings. The van der Waals surface area contributed by atoms with Gasteiger partial charge < -0.3 is 19.5 Å². The average Bonchev–Trinajstić information content (AvgIpc) is 3.24. The molecule has 0 saturated carbocycles. The van der Waals surface area contributed by atoms with Crippen LogP contribution in [0.3, 0.4) is 0 Å². The number of hydrogen-bond acceptors (Lipinski definition) is 6. The molecule has 1 fully saturated rings. The number of halogens is 2. The monoisotopic (exact) mass is 567 g/mol. The maximum absolute atomic E-state index is 12.9. The van der Waals surface area contributed by atoms with Crippen LogP contribution in [-0.4, -0.2) is 75.1 Å². The molecular weight excluding hydrogens is 540 g/mol. The van der Waals surface area contributed by atoms with Crippen molar-refractivity contribution in [1.82, 2.24) is 19.7 Å². The lowest BCUT2D eigenvalue weighted by Crippen LogP contribution is -2.54. The molecule has 0 atom stereocenters. The second kappa shape index (κ2) is 12.2. The Morgan fingerprint density at radius 3 is 2.55 bits per heavy atom. The number of nitrogens with one attached hydrogen (secondary N) is 1. The molecule has 1 N–H and O–H groups in total. The number of aliphatic imine (C=N–C) groups is 1. The molecular formula is C19H27FIN5O4S. The van der Waals surface area contributed by atoms with E-state index in [-0.39, 0.29) is 35.5 Å². The van der Waals surface area contributed by atoms with Crippen LogP contribution in [0, 0.1) is 5.82 Å². The van der Waals surface area contributed by atoms with Gasteiger partial charge in [0, 0.05) is 45.8 Å². The molecule has 31 heavy (non-hydrogen) atoms. The van der Waals surface area contributed by atoms with E-state index in [1.165, 1.54) is 22.7 Å². The molecule has 2 aromatic rings. The smallest absolute Gasteiger partial charge is 0.220 e. The Hall–Kier alpha value is -1.93. The molecule has 12 heteroatoms. The highest BCUT2D eigenvalue weighted by atomic mass is 127. The molecule has 0 radical (unpaired) electrons. The van der Waals surface area contributed by atoms with Gasteiger partial charge in [-0.3, -0.25) is 4.99 Å². The van der Waals surface area contributed by atoms with Crippen molar-refractivity contribution in [1.29, 1.82) is 0 Å². The Morgan fingerprint density at radius 2 is 1.94 bits per heavy atom. The number of guanidine groups is 1. The van der Waals surface area contributed by atoms with Crippen molar-refractivity contribution >= 4 is 40.0 Å². The zero-order chi connectivity index (χ0) is 21.4. The molecule has 1 aliphatic heterocycles. The van der Waals surface area contributed by atoms with Gasteiger partial charge in [0.25, 0.3) is 0 Å². The number of aromatic nitrogens is 1. The molecule has 0 bridgehead atoms. The van der Waals surface area contributed by atoms with Gasteiger partial charge >= 0.3 is 0 Å². The average molecular weight is 567 g/mol. The fourth-order valence-electron chi connectivity index (χ4n) is 3.09. The van der Waals surface area contributed by atoms with Crippen LogP contribution in [0.2, 0.25) is 0 Å². The second-order valence-corrected chi connectivity index (χ2v) is 8.73. The summed E-state index contributed by atoms with van der Waals surface area (Å²) in [6, 6.07) is 7.47. The lowest BCUT2D eigenvalue weighted by atomic mass is 10.3. The summed E-state index contributed by atoms with van der Waals surface area (Å²) < 4.78 is 49.7. The fraction of sp³-hybridized carbons (Fsp3) is 0.474. The summed E-state index contributed by atoms with van der Waals surface area (Å²) in [4.78, 5) is 6.31. The van der Waals surface area contributed by atoms with Crippen molar-refractivity contribution in [2.75, 3.05) is 46.4 Å². The van der Waals surface area contributed by atoms with Crippen LogP contribution >= 0.6 is 24.0 Å². The maximum Gasteiger partial charge on any atom is 0.220 e. The molecule has 1 saturated heterocycles. The lowest BCUT2D eigenvalue weighted by Gasteiger charge is -2.35. The first-order chi connectivity index (χ1) is 14.5. The van der Waals surface area contributed by atoms with Crippen LogP contribution in [0.1, 0.15) is 12.1 Å². The van der Waals surface area contributed by atoms with Gasteiger partial charge in [0.1, 0.15) is 23.6 Å². The highest BCUT2D eigenvalue weighted by molar-refractivity contribution is 14.0. The van der Waals surface area contributed by atoms with E-state index in [0.717, 1.165) is 12.4 Å². The minimum absolute atomic E-state index is 0. The van der Waals surface area contributed by atoms with Crippen molar-refractivity contribution < 1.29 is 22.1 Å². The molecule has 0 unspecified atom stereocenters. The molecule has 9 nitrogen and oxygen atoms in total. The summed E-state index contributed by atoms with van der Waals surface area (Å²) in [5, 5.41) is 6.95. The first kappa shape index (κ1) is 25.3. The van der Waals surface area contributed by atoms with Crippen molar-refractivity contribution in [3.63, 3.8) is 0 Å². The summed E-state index contributed by atoms with van der Waals surface area (Å²) in [5.41, 5.74) is 0.401. The molecule has 1 aromatic heterocycles. The van der Waals surface area contributed by atoms with Gasteiger partial charge in [0.05, 0.1) is 12.3 Å². The van der Waals surface area contributed by atoms with Gasteiger partial charge in [0.15, 0.2) is 5.96 Å². The quantitative estimate of drug-likeness (QED) is 0.225. The van der Waals surface area contributed by atoms with Gasteiger partial charge in [-0.25, -0.2) is 12.8 Å². The lowest BCUT2D eigenvalue weighted by molar-refractivity contribution is 0.258. The molecule has 0 aliphatic carbocycles. The molecule has 2 heterocycles. The normalized spacial score (nSPS) is 15.4. The molecule has 1 aromatic carbocycles. The Morgan fingerprint density at radius 1 is 1.23 bits per heavy atom. The zero-order valence-corrected chi connectivity index (χ0v) is 20.4. The highest BCUT2D eigenvalue weighted by Gasteiger charge is 2.28. The predicted octanol–water partition coefficient (Wildman–Crippen LogP) is 1.92. The van der Waals surface area contributed by atoms with Crippen LogP contribution in [-0.2, 0) is 15.8 Å². The maximum atomic E-state index is 12.9. The topological polar surface area (TPSA) is 100 Å². The third-order valence-electron chi connectivity index (χ3n) is 4.65. The minimum atomic E-state index is -3.43. The van der Waals surface area contributed by atoms with E-state index in [1.54, 1.807) is 25.2 Å². The standard InChI is InChI=1S/C19H26FN5O4S.HI/c1-21-19(22-8-2-13-28-18-5-3-16(20)4-6-18)24-9-11-25(12-10-24)30(26,27)15-17-7-14-29-23-17;/h3-7,14H,2,8-13,15H2,1H3,(H,21,22);1H. The number of piperazine rings is 1. The van der Waals surface area contributed by atoms with Crippen molar-refractivity contribution in [2.45, 2.75) is 12.2 Å². The first-order valence-corrected chi connectivity index (χ1v) is 11.3. The van der Waals surface area contributed by atoms with E-state index >= 15 is 0 Å². The largest absolute Gasteiger partial charge is 0.494 e. The third kappa shape index (κ3) is 7.61. The number of hydrogen-bond donors (Lipinski definition) is 1. The minimum Gasteiger partial charge on any atom is -0.494 e. The fourth-order valence-corrected chi connectivity index (χ4v) is 4.52. The SMILES string of the molecule is CN=C(NCCCOc1ccc(F)cc1)N1CCN(S(=O)(=O)Cc2ccon2)CC1.I. The number of benzene rings is 1. The third-order valence-corrected chi connectivity index (χ3v) is 6.46. The van der Waals surface area contributed by atoms with E-state index in [2.05, 4.69) is 15.5 Å². The highest BCUT2D eigenvalue weighted by Crippen LogP contribution is 2.13. The number of rotatable bonds is 8. The molecule has 172 valence electrons. The van der Waals surface area contributed by atoms with Crippen LogP contribution in [0.5, 0.6) is 5.75 Å². The Labute approximate surface area is 198 Å². The van der Waals surface area contributed by atoms with Crippen molar-refractivity contribution in [2.24, 2.45) is 4.99 Å². The van der Waals surface area contributed by atoms with Crippen LogP contribution < -0.4 is 10.1 Å². The molecule has 0 spiro atoms. The van der Waals surface area contributed by atoms with E-state index in [9.17, 15) is 12.8 Å². The van der Waals surface area contributed by atoms with Crippen molar-refractivity contribution in [3.8, 4) is 5.75 Å². The van der Waals surface area contributed by atoms with Gasteiger partial charge in [-0.1, -0.05) is 5.16 Å². The predicted molar refractivity (Wildman–Crippen MR) is 126 cm³/mol. The van der Waals surface area contributed by atoms with Crippen LogP contribution in [0.25, 0.3) is 0 Å². The Bertz CT molecular complexity index is 917. The zero-order valence-electron chi connectivity index (χ0n) is 17.2. The summed E-state index contributed by atoms with van der Waals surface area (Å²) >= 11 is 0. The van der Waals surface area contributed by atoms with E-state index in [4.69, 9.17) is 9.26 Å². The Balaban J connectivity index is 0.00000341. The van der Waals surface area contributed by atoms with Crippen LogP contribution in [0.15, 0.2) is 46.1 Å². The summed E-state index contributed by atoms with van der Waals surface area (Å²) in [6.45, 7) is 3.00. The van der Waals surface area contributed by atoms with Gasteiger partial charge in [-0.2, -0.15) is 4.31 Å². The van der Waals surface area contributed by atoms with E-state index < -0.39 is 10.0 Å². The van der Waals surface area contributed by atoms with E-state index in [0.29, 0.717) is 50.8 Å². The van der Waals surface area contributed by atoms with Gasteiger partial charge in [0.2, 0.25) is 10.0 Å². The Kier molecular flexibility index (Phi) is 9.96. The second-order valence-electron chi connectivity index (χ2n) is 6.76.